The number of nitrogens with zero attached hydrogens (tertiary/aromatic N) is 2. The van der Waals surface area contributed by atoms with Gasteiger partial charge in [0, 0.05) is 19.5 Å². The molecule has 5 nitrogen and oxygen atoms in total. The van der Waals surface area contributed by atoms with Crippen molar-refractivity contribution in [3.63, 3.8) is 0 Å². The topological polar surface area (TPSA) is 56.1 Å². The van der Waals surface area contributed by atoms with Gasteiger partial charge in [-0.2, -0.15) is 0 Å². The van der Waals surface area contributed by atoms with Crippen molar-refractivity contribution in [2.45, 2.75) is 19.4 Å². The van der Waals surface area contributed by atoms with Crippen molar-refractivity contribution in [1.82, 2.24) is 14.9 Å². The molecule has 0 saturated carbocycles. The predicted molar refractivity (Wildman–Crippen MR) is 119 cm³/mol. The third-order valence-electron chi connectivity index (χ3n) is 5.13. The number of aryl methyl sites for hydroxylation is 1. The summed E-state index contributed by atoms with van der Waals surface area (Å²) < 4.78 is 7.54. The molecule has 5 heteroatoms. The lowest BCUT2D eigenvalue weighted by Crippen LogP contribution is -2.25. The molecule has 1 N–H and O–H groups in total. The Hall–Kier alpha value is -3.60. The number of para-hydroxylation sites is 3. The van der Waals surface area contributed by atoms with Crippen molar-refractivity contribution in [3.8, 4) is 5.75 Å². The third-order valence-corrected chi connectivity index (χ3v) is 5.13. The molecular formula is C25H25N3O2. The Morgan fingerprint density at radius 2 is 1.70 bits per heavy atom. The molecule has 0 aliphatic carbocycles. The van der Waals surface area contributed by atoms with Gasteiger partial charge < -0.3 is 14.6 Å². The van der Waals surface area contributed by atoms with Crippen LogP contribution in [0.2, 0.25) is 0 Å². The zero-order chi connectivity index (χ0) is 20.8. The van der Waals surface area contributed by atoms with Gasteiger partial charge >= 0.3 is 0 Å². The van der Waals surface area contributed by atoms with Gasteiger partial charge in [0.25, 0.3) is 5.91 Å². The Balaban J connectivity index is 1.44. The molecule has 1 heterocycles. The fourth-order valence-electron chi connectivity index (χ4n) is 3.63. The maximum Gasteiger partial charge on any atom is 0.255 e. The minimum Gasteiger partial charge on any atom is -0.496 e. The van der Waals surface area contributed by atoms with Crippen LogP contribution in [0.1, 0.15) is 28.2 Å². The van der Waals surface area contributed by atoms with E-state index in [0.717, 1.165) is 36.2 Å². The predicted octanol–water partition coefficient (Wildman–Crippen LogP) is 4.46. The molecule has 4 rings (SSSR count). The van der Waals surface area contributed by atoms with Gasteiger partial charge in [-0.3, -0.25) is 4.79 Å². The molecule has 0 spiro atoms. The highest BCUT2D eigenvalue weighted by Gasteiger charge is 2.13. The van der Waals surface area contributed by atoms with Gasteiger partial charge in [0.1, 0.15) is 11.6 Å². The van der Waals surface area contributed by atoms with E-state index in [2.05, 4.69) is 40.2 Å². The van der Waals surface area contributed by atoms with E-state index in [9.17, 15) is 4.79 Å². The smallest absolute Gasteiger partial charge is 0.255 e. The normalized spacial score (nSPS) is 10.8. The summed E-state index contributed by atoms with van der Waals surface area (Å²) in [6.45, 7) is 1.36. The molecule has 152 valence electrons. The second-order valence-corrected chi connectivity index (χ2v) is 7.15. The number of ether oxygens (including phenoxy) is 1. The maximum atomic E-state index is 12.5. The zero-order valence-electron chi connectivity index (χ0n) is 17.0. The molecule has 0 unspecified atom stereocenters. The minimum atomic E-state index is -0.120. The molecule has 0 aliphatic rings. The van der Waals surface area contributed by atoms with E-state index in [1.807, 2.05) is 36.4 Å². The summed E-state index contributed by atoms with van der Waals surface area (Å²) in [5.74, 6) is 1.50. The van der Waals surface area contributed by atoms with E-state index in [-0.39, 0.29) is 5.91 Å². The number of amides is 1. The van der Waals surface area contributed by atoms with Crippen molar-refractivity contribution in [1.29, 1.82) is 0 Å². The molecule has 30 heavy (non-hydrogen) atoms. The van der Waals surface area contributed by atoms with Crippen molar-refractivity contribution >= 4 is 16.9 Å². The lowest BCUT2D eigenvalue weighted by Gasteiger charge is -2.11. The van der Waals surface area contributed by atoms with Gasteiger partial charge in [-0.1, -0.05) is 54.6 Å². The highest BCUT2D eigenvalue weighted by Crippen LogP contribution is 2.19. The maximum absolute atomic E-state index is 12.5. The standard InChI is InChI=1S/C25H25N3O2/c1-30-23-15-8-5-12-20(23)25(29)26-17-9-16-24-27-21-13-6-7-14-22(21)28(24)18-19-10-3-2-4-11-19/h2-8,10-15H,9,16-18H2,1H3,(H,26,29). The second kappa shape index (κ2) is 9.27. The fourth-order valence-corrected chi connectivity index (χ4v) is 3.63. The number of imidazole rings is 1. The molecule has 0 fully saturated rings. The van der Waals surface area contributed by atoms with Crippen LogP contribution in [-0.4, -0.2) is 29.1 Å². The first kappa shape index (κ1) is 19.7. The molecule has 4 aromatic rings. The highest BCUT2D eigenvalue weighted by molar-refractivity contribution is 5.96. The van der Waals surface area contributed by atoms with Crippen LogP contribution in [0.25, 0.3) is 11.0 Å². The number of rotatable bonds is 8. The Kier molecular flexibility index (Phi) is 6.09. The zero-order valence-corrected chi connectivity index (χ0v) is 17.0. The van der Waals surface area contributed by atoms with Crippen LogP contribution < -0.4 is 10.1 Å². The second-order valence-electron chi connectivity index (χ2n) is 7.15. The number of fused-ring (bicyclic) bond motifs is 1. The van der Waals surface area contributed by atoms with E-state index in [1.165, 1.54) is 5.56 Å². The molecule has 3 aromatic carbocycles. The van der Waals surface area contributed by atoms with Crippen LogP contribution in [-0.2, 0) is 13.0 Å². The Morgan fingerprint density at radius 1 is 0.967 bits per heavy atom. The van der Waals surface area contributed by atoms with Crippen molar-refractivity contribution in [2.24, 2.45) is 0 Å². The average molecular weight is 399 g/mol. The van der Waals surface area contributed by atoms with Crippen LogP contribution in [0.3, 0.4) is 0 Å². The molecule has 1 aromatic heterocycles. The quantitative estimate of drug-likeness (QED) is 0.445. The highest BCUT2D eigenvalue weighted by atomic mass is 16.5. The summed E-state index contributed by atoms with van der Waals surface area (Å²) in [7, 11) is 1.57. The van der Waals surface area contributed by atoms with E-state index < -0.39 is 0 Å². The first-order valence-corrected chi connectivity index (χ1v) is 10.2. The lowest BCUT2D eigenvalue weighted by atomic mass is 10.2. The molecule has 0 radical (unpaired) electrons. The van der Waals surface area contributed by atoms with Gasteiger partial charge in [0.2, 0.25) is 0 Å². The van der Waals surface area contributed by atoms with Gasteiger partial charge in [-0.15, -0.1) is 0 Å². The van der Waals surface area contributed by atoms with Crippen molar-refractivity contribution < 1.29 is 9.53 Å². The minimum absolute atomic E-state index is 0.120. The van der Waals surface area contributed by atoms with Crippen LogP contribution in [0.15, 0.2) is 78.9 Å². The van der Waals surface area contributed by atoms with Gasteiger partial charge in [-0.05, 0) is 36.2 Å². The number of carbonyl (C=O) groups excluding carboxylic acids is 1. The number of hydrogen-bond acceptors (Lipinski definition) is 3. The number of aromatic nitrogens is 2. The van der Waals surface area contributed by atoms with Crippen molar-refractivity contribution in [3.05, 3.63) is 95.8 Å². The van der Waals surface area contributed by atoms with Gasteiger partial charge in [-0.25, -0.2) is 4.98 Å². The van der Waals surface area contributed by atoms with E-state index in [4.69, 9.17) is 9.72 Å². The molecule has 0 saturated heterocycles. The molecule has 0 bridgehead atoms. The Bertz CT molecular complexity index is 1140. The number of methoxy groups -OCH3 is 1. The van der Waals surface area contributed by atoms with E-state index in [0.29, 0.717) is 17.9 Å². The molecular weight excluding hydrogens is 374 g/mol. The van der Waals surface area contributed by atoms with Gasteiger partial charge in [0.05, 0.1) is 23.7 Å². The Morgan fingerprint density at radius 3 is 2.53 bits per heavy atom. The third kappa shape index (κ3) is 4.35. The summed E-state index contributed by atoms with van der Waals surface area (Å²) >= 11 is 0. The van der Waals surface area contributed by atoms with Crippen LogP contribution in [0.4, 0.5) is 0 Å². The number of nitrogens with one attached hydrogen (secondary N) is 1. The van der Waals surface area contributed by atoms with Crippen LogP contribution >= 0.6 is 0 Å². The first-order chi connectivity index (χ1) is 14.8. The van der Waals surface area contributed by atoms with E-state index >= 15 is 0 Å². The first-order valence-electron chi connectivity index (χ1n) is 10.2. The summed E-state index contributed by atoms with van der Waals surface area (Å²) in [5, 5.41) is 2.99. The summed E-state index contributed by atoms with van der Waals surface area (Å²) in [5.41, 5.74) is 3.93. The molecule has 0 aliphatic heterocycles. The van der Waals surface area contributed by atoms with Crippen molar-refractivity contribution in [2.75, 3.05) is 13.7 Å². The molecule has 1 amide bonds. The van der Waals surface area contributed by atoms with Gasteiger partial charge in [0.15, 0.2) is 0 Å². The number of hydrogen-bond donors (Lipinski definition) is 1. The molecule has 0 atom stereocenters. The number of carbonyl (C=O) groups is 1. The lowest BCUT2D eigenvalue weighted by molar-refractivity contribution is 0.0950. The number of benzene rings is 3. The van der Waals surface area contributed by atoms with Crippen LogP contribution in [0.5, 0.6) is 5.75 Å². The summed E-state index contributed by atoms with van der Waals surface area (Å²) in [6, 6.07) is 25.9. The average Bonchev–Trinajstić information content (AvgIpc) is 3.14. The van der Waals surface area contributed by atoms with Crippen LogP contribution in [0, 0.1) is 0 Å². The largest absolute Gasteiger partial charge is 0.496 e. The Labute approximate surface area is 176 Å². The van der Waals surface area contributed by atoms with E-state index in [1.54, 1.807) is 19.2 Å². The summed E-state index contributed by atoms with van der Waals surface area (Å²) in [4.78, 5) is 17.3. The monoisotopic (exact) mass is 399 g/mol. The SMILES string of the molecule is COc1ccccc1C(=O)NCCCc1nc2ccccc2n1Cc1ccccc1. The summed E-state index contributed by atoms with van der Waals surface area (Å²) in [6.07, 6.45) is 1.59. The fraction of sp³-hybridized carbons (Fsp3) is 0.200.